The van der Waals surface area contributed by atoms with Crippen LogP contribution in [-0.2, 0) is 4.79 Å². The van der Waals surface area contributed by atoms with E-state index in [9.17, 15) is 4.79 Å². The molecule has 1 N–H and O–H groups in total. The molecule has 1 radical (unpaired) electrons. The van der Waals surface area contributed by atoms with E-state index in [1.807, 2.05) is 19.1 Å². The van der Waals surface area contributed by atoms with Crippen LogP contribution < -0.4 is 10.8 Å². The number of aliphatic imine (C=N–C) groups is 1. The fourth-order valence-electron chi connectivity index (χ4n) is 1.98. The second-order valence-electron chi connectivity index (χ2n) is 4.42. The number of rotatable bonds is 4. The highest BCUT2D eigenvalue weighted by Gasteiger charge is 2.26. The van der Waals surface area contributed by atoms with Crippen molar-refractivity contribution in [3.05, 3.63) is 23.2 Å². The highest BCUT2D eigenvalue weighted by molar-refractivity contribution is 8.15. The average molecular weight is 352 g/mol. The lowest BCUT2D eigenvalue weighted by molar-refractivity contribution is -0.121. The van der Waals surface area contributed by atoms with Crippen molar-refractivity contribution in [3.8, 4) is 0 Å². The van der Waals surface area contributed by atoms with E-state index in [1.165, 1.54) is 0 Å². The summed E-state index contributed by atoms with van der Waals surface area (Å²) >= 11 is 3.22. The number of aromatic nitrogens is 1. The Kier molecular flexibility index (Phi) is 4.95. The van der Waals surface area contributed by atoms with Gasteiger partial charge in [-0.1, -0.05) is 11.5 Å². The number of nitrogens with zero attached hydrogens (tertiary/aromatic N) is 2. The number of thiazole rings is 1. The number of carbonyl (C=O) groups excluding carboxylic acids is 1. The van der Waals surface area contributed by atoms with Crippen molar-refractivity contribution in [2.24, 2.45) is 4.99 Å². The van der Waals surface area contributed by atoms with Crippen LogP contribution in [0.3, 0.4) is 0 Å². The molecule has 1 aliphatic heterocycles. The van der Waals surface area contributed by atoms with Gasteiger partial charge >= 0.3 is 0 Å². The zero-order valence-corrected chi connectivity index (χ0v) is 15.0. The van der Waals surface area contributed by atoms with Crippen LogP contribution in [0.4, 0.5) is 0 Å². The van der Waals surface area contributed by atoms with Crippen molar-refractivity contribution in [3.63, 3.8) is 0 Å². The van der Waals surface area contributed by atoms with Crippen molar-refractivity contribution >= 4 is 75.1 Å². The molecule has 1 aliphatic rings. The summed E-state index contributed by atoms with van der Waals surface area (Å²) in [7, 11) is 5.09. The Morgan fingerprint density at radius 1 is 1.52 bits per heavy atom. The number of fused-ring (bicyclic) bond motifs is 1. The van der Waals surface area contributed by atoms with E-state index in [4.69, 9.17) is 0 Å². The Morgan fingerprint density at radius 3 is 3.14 bits per heavy atom. The van der Waals surface area contributed by atoms with E-state index in [-0.39, 0.29) is 11.9 Å². The SMILES string of the molecule is O=C(NCP)C1CSC(c2nc3ccc([B]P)cc3s2)=N1. The quantitative estimate of drug-likeness (QED) is 0.665. The third-order valence-electron chi connectivity index (χ3n) is 3.02. The molecular formula is C12H13BN3OP2S2. The lowest BCUT2D eigenvalue weighted by Crippen LogP contribution is -2.32. The maximum Gasteiger partial charge on any atom is 0.245 e. The molecule has 0 aliphatic carbocycles. The second kappa shape index (κ2) is 6.74. The van der Waals surface area contributed by atoms with Gasteiger partial charge in [0.2, 0.25) is 5.91 Å². The van der Waals surface area contributed by atoms with Crippen molar-refractivity contribution in [2.75, 3.05) is 12.0 Å². The van der Waals surface area contributed by atoms with E-state index >= 15 is 0 Å². The molecule has 1 aromatic carbocycles. The van der Waals surface area contributed by atoms with Gasteiger partial charge in [-0.05, 0) is 12.1 Å². The summed E-state index contributed by atoms with van der Waals surface area (Å²) in [5.74, 6) is 0.667. The largest absolute Gasteiger partial charge is 0.351 e. The molecule has 4 nitrogen and oxygen atoms in total. The first kappa shape index (κ1) is 15.4. The zero-order valence-electron chi connectivity index (χ0n) is 11.1. The molecular weight excluding hydrogens is 339 g/mol. The lowest BCUT2D eigenvalue weighted by Gasteiger charge is -2.04. The third kappa shape index (κ3) is 3.32. The summed E-state index contributed by atoms with van der Waals surface area (Å²) in [6.45, 7) is 1.99. The van der Waals surface area contributed by atoms with Crippen LogP contribution in [-0.4, -0.2) is 41.0 Å². The molecule has 0 saturated carbocycles. The Hall–Kier alpha value is -0.475. The number of hydrogen-bond donors (Lipinski definition) is 1. The van der Waals surface area contributed by atoms with Crippen LogP contribution in [0.1, 0.15) is 5.01 Å². The zero-order chi connectivity index (χ0) is 14.8. The molecule has 0 saturated heterocycles. The van der Waals surface area contributed by atoms with Crippen LogP contribution in [0.5, 0.6) is 0 Å². The van der Waals surface area contributed by atoms with Crippen LogP contribution >= 0.6 is 41.5 Å². The van der Waals surface area contributed by atoms with E-state index in [1.54, 1.807) is 23.1 Å². The van der Waals surface area contributed by atoms with Crippen molar-refractivity contribution in [1.82, 2.24) is 10.3 Å². The van der Waals surface area contributed by atoms with Gasteiger partial charge in [0.15, 0.2) is 7.00 Å². The number of carbonyl (C=O) groups is 1. The molecule has 3 atom stereocenters. The first-order valence-electron chi connectivity index (χ1n) is 6.35. The number of thioether (sulfide) groups is 1. The highest BCUT2D eigenvalue weighted by Crippen LogP contribution is 2.29. The van der Waals surface area contributed by atoms with Gasteiger partial charge in [-0.15, -0.1) is 32.3 Å². The van der Waals surface area contributed by atoms with E-state index in [2.05, 4.69) is 39.7 Å². The molecule has 107 valence electrons. The summed E-state index contributed by atoms with van der Waals surface area (Å²) in [4.78, 5) is 20.9. The number of benzene rings is 1. The standard InChI is InChI=1S/C12H13BN3OP2S2/c17-10(14-5-18)8-4-20-11(16-8)12-15-7-2-1-6(13-19)3-9(7)21-12/h1-3,8H,4-5,18-19H2,(H,14,17). The minimum Gasteiger partial charge on any atom is -0.351 e. The minimum atomic E-state index is -0.298. The third-order valence-corrected chi connectivity index (χ3v) is 5.82. The van der Waals surface area contributed by atoms with Gasteiger partial charge in [-0.25, -0.2) is 4.98 Å². The first-order chi connectivity index (χ1) is 10.2. The molecule has 1 aromatic heterocycles. The summed E-state index contributed by atoms with van der Waals surface area (Å²) in [6.07, 6.45) is 0.556. The normalized spacial score (nSPS) is 17.8. The maximum absolute atomic E-state index is 11.8. The fourth-order valence-corrected chi connectivity index (χ4v) is 4.51. The van der Waals surface area contributed by atoms with Crippen LogP contribution in [0.15, 0.2) is 23.2 Å². The van der Waals surface area contributed by atoms with Crippen LogP contribution in [0, 0.1) is 0 Å². The fraction of sp³-hybridized carbons (Fsp3) is 0.250. The molecule has 0 fully saturated rings. The minimum absolute atomic E-state index is 0.0199. The average Bonchev–Trinajstić information content (AvgIpc) is 3.13. The van der Waals surface area contributed by atoms with E-state index in [0.29, 0.717) is 12.0 Å². The number of hydrogen-bond acceptors (Lipinski definition) is 5. The molecule has 1 amide bonds. The first-order valence-corrected chi connectivity index (χ1v) is 9.64. The van der Waals surface area contributed by atoms with Crippen LogP contribution in [0.25, 0.3) is 10.2 Å². The second-order valence-corrected chi connectivity index (χ2v) is 7.20. The number of amides is 1. The predicted octanol–water partition coefficient (Wildman–Crippen LogP) is 1.23. The van der Waals surface area contributed by atoms with Crippen LogP contribution in [0.2, 0.25) is 0 Å². The van der Waals surface area contributed by atoms with Gasteiger partial charge < -0.3 is 5.32 Å². The smallest absolute Gasteiger partial charge is 0.245 e. The summed E-state index contributed by atoms with van der Waals surface area (Å²) in [5, 5.41) is 4.55. The van der Waals surface area contributed by atoms with Gasteiger partial charge in [-0.3, -0.25) is 9.79 Å². The monoisotopic (exact) mass is 352 g/mol. The van der Waals surface area contributed by atoms with Gasteiger partial charge in [0.1, 0.15) is 16.1 Å². The number of nitrogens with one attached hydrogen (secondary N) is 1. The Balaban J connectivity index is 1.87. The lowest BCUT2D eigenvalue weighted by atomic mass is 9.94. The predicted molar refractivity (Wildman–Crippen MR) is 100 cm³/mol. The molecule has 3 unspecified atom stereocenters. The molecule has 0 spiro atoms. The summed E-state index contributed by atoms with van der Waals surface area (Å²) < 4.78 is 1.14. The van der Waals surface area contributed by atoms with Gasteiger partial charge in [-0.2, -0.15) is 9.12 Å². The Labute approximate surface area is 136 Å². The van der Waals surface area contributed by atoms with Gasteiger partial charge in [0.25, 0.3) is 0 Å². The van der Waals surface area contributed by atoms with E-state index < -0.39 is 0 Å². The van der Waals surface area contributed by atoms with Crippen molar-refractivity contribution in [1.29, 1.82) is 0 Å². The van der Waals surface area contributed by atoms with E-state index in [0.717, 1.165) is 25.7 Å². The molecule has 21 heavy (non-hydrogen) atoms. The molecule has 2 aromatic rings. The molecule has 0 bridgehead atoms. The van der Waals surface area contributed by atoms with Gasteiger partial charge in [0, 0.05) is 12.0 Å². The Bertz CT molecular complexity index is 722. The summed E-state index contributed by atoms with van der Waals surface area (Å²) in [5.41, 5.74) is 2.13. The maximum atomic E-state index is 11.8. The highest BCUT2D eigenvalue weighted by atomic mass is 32.2. The van der Waals surface area contributed by atoms with Gasteiger partial charge in [0.05, 0.1) is 10.2 Å². The van der Waals surface area contributed by atoms with Crippen molar-refractivity contribution in [2.45, 2.75) is 6.04 Å². The van der Waals surface area contributed by atoms with Crippen molar-refractivity contribution < 1.29 is 4.79 Å². The molecule has 2 heterocycles. The summed E-state index contributed by atoms with van der Waals surface area (Å²) in [6, 6.07) is 5.87. The molecule has 9 heteroatoms. The topological polar surface area (TPSA) is 54.4 Å². The molecule has 3 rings (SSSR count). The Morgan fingerprint density at radius 2 is 2.38 bits per heavy atom.